The fourth-order valence-electron chi connectivity index (χ4n) is 3.86. The number of nitro groups is 2. The number of hydrogen-bond donors (Lipinski definition) is 0. The number of benzene rings is 4. The van der Waals surface area contributed by atoms with E-state index in [1.807, 2.05) is 38.1 Å². The number of ether oxygens (including phenoxy) is 1. The van der Waals surface area contributed by atoms with E-state index in [1.165, 1.54) is 12.1 Å². The lowest BCUT2D eigenvalue weighted by atomic mass is 9.98. The van der Waals surface area contributed by atoms with Gasteiger partial charge in [0.25, 0.3) is 11.4 Å². The summed E-state index contributed by atoms with van der Waals surface area (Å²) in [6, 6.07) is 24.1. The van der Waals surface area contributed by atoms with E-state index in [-0.39, 0.29) is 21.2 Å². The molecule has 33 heavy (non-hydrogen) atoms. The third kappa shape index (κ3) is 4.43. The second kappa shape index (κ2) is 8.92. The summed E-state index contributed by atoms with van der Waals surface area (Å²) in [5.74, 6) is 1.18. The van der Waals surface area contributed by atoms with Gasteiger partial charge in [0, 0.05) is 12.1 Å². The van der Waals surface area contributed by atoms with E-state index in [0.29, 0.717) is 22.6 Å². The van der Waals surface area contributed by atoms with Gasteiger partial charge in [-0.2, -0.15) is 0 Å². The molecule has 0 aliphatic heterocycles. The molecule has 7 nitrogen and oxygen atoms in total. The molecule has 7 heteroatoms. The van der Waals surface area contributed by atoms with Gasteiger partial charge in [-0.15, -0.1) is 0 Å². The van der Waals surface area contributed by atoms with Gasteiger partial charge < -0.3 is 4.74 Å². The zero-order chi connectivity index (χ0) is 23.5. The highest BCUT2D eigenvalue weighted by Crippen LogP contribution is 2.36. The number of para-hydroxylation sites is 2. The molecule has 0 N–H and O–H groups in total. The third-order valence-corrected chi connectivity index (χ3v) is 5.41. The second-order valence-electron chi connectivity index (χ2n) is 7.60. The Morgan fingerprint density at radius 2 is 0.970 bits per heavy atom. The van der Waals surface area contributed by atoms with Crippen LogP contribution in [0.3, 0.4) is 0 Å². The van der Waals surface area contributed by atoms with E-state index in [0.717, 1.165) is 22.3 Å². The minimum atomic E-state index is -0.388. The second-order valence-corrected chi connectivity index (χ2v) is 7.60. The summed E-state index contributed by atoms with van der Waals surface area (Å²) >= 11 is 0. The molecule has 0 spiro atoms. The van der Waals surface area contributed by atoms with Gasteiger partial charge in [0.05, 0.1) is 21.0 Å². The van der Waals surface area contributed by atoms with Gasteiger partial charge in [0.15, 0.2) is 0 Å². The first-order valence-electron chi connectivity index (χ1n) is 10.2. The number of rotatable bonds is 6. The first-order valence-corrected chi connectivity index (χ1v) is 10.2. The quantitative estimate of drug-likeness (QED) is 0.232. The summed E-state index contributed by atoms with van der Waals surface area (Å²) in [7, 11) is 0. The molecule has 164 valence electrons. The molecule has 0 aliphatic rings. The average molecular weight is 440 g/mol. The Balaban J connectivity index is 1.62. The van der Waals surface area contributed by atoms with Crippen LogP contribution in [-0.4, -0.2) is 9.85 Å². The highest BCUT2D eigenvalue weighted by Gasteiger charge is 2.18. The Morgan fingerprint density at radius 1 is 0.576 bits per heavy atom. The standard InChI is InChI=1S/C26H20N2O5/c1-17-15-19(11-13-21(17)23-7-3-5-9-25(23)27(29)30)33-20-12-14-22(18(2)16-20)24-8-4-6-10-26(24)28(31)32/h3-16H,1-2H3. The summed E-state index contributed by atoms with van der Waals surface area (Å²) in [5, 5.41) is 22.8. The van der Waals surface area contributed by atoms with Crippen LogP contribution in [0.25, 0.3) is 22.3 Å². The lowest BCUT2D eigenvalue weighted by Crippen LogP contribution is -1.94. The molecule has 4 rings (SSSR count). The normalized spacial score (nSPS) is 10.6. The van der Waals surface area contributed by atoms with Crippen LogP contribution in [0, 0.1) is 34.1 Å². The van der Waals surface area contributed by atoms with Crippen molar-refractivity contribution in [2.75, 3.05) is 0 Å². The Kier molecular flexibility index (Phi) is 5.87. The number of hydrogen-bond acceptors (Lipinski definition) is 5. The fraction of sp³-hybridized carbons (Fsp3) is 0.0769. The van der Waals surface area contributed by atoms with Crippen molar-refractivity contribution >= 4 is 11.4 Å². The Bertz CT molecular complexity index is 1280. The van der Waals surface area contributed by atoms with Crippen molar-refractivity contribution in [3.8, 4) is 33.8 Å². The van der Waals surface area contributed by atoms with Crippen molar-refractivity contribution in [1.29, 1.82) is 0 Å². The van der Waals surface area contributed by atoms with Crippen LogP contribution in [0.4, 0.5) is 11.4 Å². The van der Waals surface area contributed by atoms with Crippen molar-refractivity contribution in [2.45, 2.75) is 13.8 Å². The molecule has 0 bridgehead atoms. The number of nitrogens with zero attached hydrogens (tertiary/aromatic N) is 2. The Hall–Kier alpha value is -4.52. The van der Waals surface area contributed by atoms with Gasteiger partial charge in [0.1, 0.15) is 11.5 Å². The third-order valence-electron chi connectivity index (χ3n) is 5.41. The topological polar surface area (TPSA) is 95.5 Å². The first kappa shape index (κ1) is 21.7. The highest BCUT2D eigenvalue weighted by molar-refractivity contribution is 5.77. The van der Waals surface area contributed by atoms with Gasteiger partial charge in [-0.05, 0) is 72.5 Å². The largest absolute Gasteiger partial charge is 0.457 e. The van der Waals surface area contributed by atoms with E-state index in [9.17, 15) is 20.2 Å². The van der Waals surface area contributed by atoms with Crippen LogP contribution in [0.5, 0.6) is 11.5 Å². The van der Waals surface area contributed by atoms with Crippen LogP contribution in [-0.2, 0) is 0 Å². The van der Waals surface area contributed by atoms with Crippen LogP contribution >= 0.6 is 0 Å². The highest BCUT2D eigenvalue weighted by atomic mass is 16.6. The molecule has 0 saturated heterocycles. The van der Waals surface area contributed by atoms with Crippen molar-refractivity contribution in [2.24, 2.45) is 0 Å². The molecular formula is C26H20N2O5. The summed E-state index contributed by atoms with van der Waals surface area (Å²) in [6.07, 6.45) is 0. The molecular weight excluding hydrogens is 420 g/mol. The van der Waals surface area contributed by atoms with Gasteiger partial charge in [-0.25, -0.2) is 0 Å². The lowest BCUT2D eigenvalue weighted by Gasteiger charge is -2.13. The van der Waals surface area contributed by atoms with Gasteiger partial charge in [-0.3, -0.25) is 20.2 Å². The van der Waals surface area contributed by atoms with Crippen molar-refractivity contribution in [3.05, 3.63) is 116 Å². The lowest BCUT2D eigenvalue weighted by molar-refractivity contribution is -0.384. The van der Waals surface area contributed by atoms with Crippen molar-refractivity contribution in [3.63, 3.8) is 0 Å². The van der Waals surface area contributed by atoms with Crippen LogP contribution < -0.4 is 4.74 Å². The zero-order valence-electron chi connectivity index (χ0n) is 18.0. The molecule has 0 fully saturated rings. The van der Waals surface area contributed by atoms with E-state index in [4.69, 9.17) is 4.74 Å². The smallest absolute Gasteiger partial charge is 0.277 e. The minimum Gasteiger partial charge on any atom is -0.457 e. The van der Waals surface area contributed by atoms with Crippen LogP contribution in [0.15, 0.2) is 84.9 Å². The maximum atomic E-state index is 11.4. The molecule has 0 radical (unpaired) electrons. The van der Waals surface area contributed by atoms with Gasteiger partial charge in [-0.1, -0.05) is 36.4 Å². The summed E-state index contributed by atoms with van der Waals surface area (Å²) in [4.78, 5) is 22.0. The monoisotopic (exact) mass is 440 g/mol. The first-order chi connectivity index (χ1) is 15.8. The fourth-order valence-corrected chi connectivity index (χ4v) is 3.86. The minimum absolute atomic E-state index is 0.0514. The number of nitro benzene ring substituents is 2. The van der Waals surface area contributed by atoms with E-state index >= 15 is 0 Å². The maximum Gasteiger partial charge on any atom is 0.277 e. The van der Waals surface area contributed by atoms with Crippen LogP contribution in [0.2, 0.25) is 0 Å². The molecule has 0 amide bonds. The van der Waals surface area contributed by atoms with E-state index in [1.54, 1.807) is 48.5 Å². The van der Waals surface area contributed by atoms with E-state index < -0.39 is 0 Å². The van der Waals surface area contributed by atoms with Gasteiger partial charge >= 0.3 is 0 Å². The molecule has 0 unspecified atom stereocenters. The predicted octanol–water partition coefficient (Wildman–Crippen LogP) is 7.25. The van der Waals surface area contributed by atoms with Crippen molar-refractivity contribution < 1.29 is 14.6 Å². The summed E-state index contributed by atoms with van der Waals surface area (Å²) < 4.78 is 6.01. The molecule has 0 saturated carbocycles. The average Bonchev–Trinajstić information content (AvgIpc) is 2.79. The maximum absolute atomic E-state index is 11.4. The molecule has 4 aromatic rings. The molecule has 0 atom stereocenters. The van der Waals surface area contributed by atoms with Gasteiger partial charge in [0.2, 0.25) is 0 Å². The zero-order valence-corrected chi connectivity index (χ0v) is 18.0. The molecule has 4 aromatic carbocycles. The summed E-state index contributed by atoms with van der Waals surface area (Å²) in [5.41, 5.74) is 4.42. The molecule has 0 heterocycles. The summed E-state index contributed by atoms with van der Waals surface area (Å²) in [6.45, 7) is 3.75. The molecule has 0 aliphatic carbocycles. The Labute approximate surface area is 190 Å². The van der Waals surface area contributed by atoms with E-state index in [2.05, 4.69) is 0 Å². The Morgan fingerprint density at radius 3 is 1.33 bits per heavy atom. The van der Waals surface area contributed by atoms with Crippen LogP contribution in [0.1, 0.15) is 11.1 Å². The number of aryl methyl sites for hydroxylation is 2. The predicted molar refractivity (Wildman–Crippen MR) is 127 cm³/mol. The van der Waals surface area contributed by atoms with Crippen molar-refractivity contribution in [1.82, 2.24) is 0 Å². The molecule has 0 aromatic heterocycles. The SMILES string of the molecule is Cc1cc(Oc2ccc(-c3ccccc3[N+](=O)[O-])c(C)c2)ccc1-c1ccccc1[N+](=O)[O-].